The van der Waals surface area contributed by atoms with Crippen molar-refractivity contribution < 1.29 is 4.39 Å². The molecule has 0 spiro atoms. The fourth-order valence-electron chi connectivity index (χ4n) is 2.46. The van der Waals surface area contributed by atoms with Crippen LogP contribution in [0, 0.1) is 5.82 Å². The van der Waals surface area contributed by atoms with Crippen molar-refractivity contribution in [1.29, 1.82) is 0 Å². The SMILES string of the molecule is NC1(c2ccccc2)CC1c1ccc(F)cc1. The van der Waals surface area contributed by atoms with Gasteiger partial charge in [-0.1, -0.05) is 42.5 Å². The van der Waals surface area contributed by atoms with E-state index in [1.165, 1.54) is 12.1 Å². The van der Waals surface area contributed by atoms with Gasteiger partial charge in [0.05, 0.1) is 0 Å². The van der Waals surface area contributed by atoms with Crippen LogP contribution in [0.15, 0.2) is 54.6 Å². The molecule has 0 amide bonds. The quantitative estimate of drug-likeness (QED) is 0.837. The van der Waals surface area contributed by atoms with Crippen LogP contribution in [0.5, 0.6) is 0 Å². The molecule has 2 N–H and O–H groups in total. The molecule has 2 heteroatoms. The molecule has 17 heavy (non-hydrogen) atoms. The van der Waals surface area contributed by atoms with Crippen molar-refractivity contribution in [3.8, 4) is 0 Å². The Hall–Kier alpha value is -1.67. The lowest BCUT2D eigenvalue weighted by molar-refractivity contribution is 0.626. The third-order valence-electron chi connectivity index (χ3n) is 3.59. The summed E-state index contributed by atoms with van der Waals surface area (Å²) in [6, 6.07) is 16.8. The zero-order chi connectivity index (χ0) is 11.9. The third kappa shape index (κ3) is 1.75. The monoisotopic (exact) mass is 227 g/mol. The van der Waals surface area contributed by atoms with Crippen LogP contribution in [0.1, 0.15) is 23.5 Å². The highest BCUT2D eigenvalue weighted by Gasteiger charge is 2.52. The highest BCUT2D eigenvalue weighted by Crippen LogP contribution is 2.56. The van der Waals surface area contributed by atoms with E-state index in [0.29, 0.717) is 5.92 Å². The van der Waals surface area contributed by atoms with Gasteiger partial charge in [0.15, 0.2) is 0 Å². The second-order valence-corrected chi connectivity index (χ2v) is 4.71. The average Bonchev–Trinajstić information content (AvgIpc) is 3.05. The molecular weight excluding hydrogens is 213 g/mol. The van der Waals surface area contributed by atoms with Crippen molar-refractivity contribution in [2.75, 3.05) is 0 Å². The summed E-state index contributed by atoms with van der Waals surface area (Å²) in [7, 11) is 0. The zero-order valence-electron chi connectivity index (χ0n) is 9.44. The largest absolute Gasteiger partial charge is 0.321 e. The van der Waals surface area contributed by atoms with Gasteiger partial charge in [0.2, 0.25) is 0 Å². The van der Waals surface area contributed by atoms with E-state index >= 15 is 0 Å². The van der Waals surface area contributed by atoms with E-state index in [2.05, 4.69) is 12.1 Å². The summed E-state index contributed by atoms with van der Waals surface area (Å²) in [5, 5.41) is 0. The molecule has 0 heterocycles. The predicted octanol–water partition coefficient (Wildman–Crippen LogP) is 3.17. The van der Waals surface area contributed by atoms with Gasteiger partial charge >= 0.3 is 0 Å². The first-order valence-corrected chi connectivity index (χ1v) is 5.80. The van der Waals surface area contributed by atoms with Gasteiger partial charge in [0.1, 0.15) is 5.82 Å². The maximum atomic E-state index is 12.9. The van der Waals surface area contributed by atoms with E-state index in [-0.39, 0.29) is 11.4 Å². The van der Waals surface area contributed by atoms with Crippen molar-refractivity contribution in [3.05, 3.63) is 71.5 Å². The van der Waals surface area contributed by atoms with Crippen molar-refractivity contribution in [2.24, 2.45) is 5.73 Å². The summed E-state index contributed by atoms with van der Waals surface area (Å²) >= 11 is 0. The van der Waals surface area contributed by atoms with Crippen LogP contribution in [0.3, 0.4) is 0 Å². The molecule has 0 aromatic heterocycles. The Morgan fingerprint density at radius 1 is 1.00 bits per heavy atom. The molecule has 1 aliphatic carbocycles. The molecule has 2 aromatic carbocycles. The first-order chi connectivity index (χ1) is 8.20. The number of nitrogens with two attached hydrogens (primary N) is 1. The van der Waals surface area contributed by atoms with Crippen molar-refractivity contribution >= 4 is 0 Å². The van der Waals surface area contributed by atoms with E-state index in [0.717, 1.165) is 17.5 Å². The number of halogens is 1. The van der Waals surface area contributed by atoms with Gasteiger partial charge in [0.25, 0.3) is 0 Å². The minimum Gasteiger partial charge on any atom is -0.321 e. The standard InChI is InChI=1S/C15H14FN/c16-13-8-6-11(7-9-13)14-10-15(14,17)12-4-2-1-3-5-12/h1-9,14H,10,17H2. The van der Waals surface area contributed by atoms with Crippen LogP contribution in [-0.4, -0.2) is 0 Å². The highest BCUT2D eigenvalue weighted by molar-refractivity contribution is 5.41. The second-order valence-electron chi connectivity index (χ2n) is 4.71. The molecule has 1 fully saturated rings. The molecule has 86 valence electrons. The minimum atomic E-state index is -0.265. The van der Waals surface area contributed by atoms with Gasteiger partial charge in [-0.05, 0) is 29.7 Å². The summed E-state index contributed by atoms with van der Waals surface area (Å²) in [6.45, 7) is 0. The van der Waals surface area contributed by atoms with Crippen molar-refractivity contribution in [2.45, 2.75) is 17.9 Å². The Balaban J connectivity index is 1.88. The minimum absolute atomic E-state index is 0.197. The van der Waals surface area contributed by atoms with Gasteiger partial charge in [-0.15, -0.1) is 0 Å². The van der Waals surface area contributed by atoms with E-state index in [1.54, 1.807) is 0 Å². The molecule has 1 aliphatic rings. The summed E-state index contributed by atoms with van der Waals surface area (Å²) in [5.74, 6) is 0.113. The molecule has 3 rings (SSSR count). The van der Waals surface area contributed by atoms with Crippen LogP contribution in [0.4, 0.5) is 4.39 Å². The molecule has 0 bridgehead atoms. The highest BCUT2D eigenvalue weighted by atomic mass is 19.1. The van der Waals surface area contributed by atoms with Gasteiger partial charge < -0.3 is 5.73 Å². The number of hydrogen-bond donors (Lipinski definition) is 1. The Bertz CT molecular complexity index is 520. The summed E-state index contributed by atoms with van der Waals surface area (Å²) in [6.07, 6.45) is 0.933. The van der Waals surface area contributed by atoms with Crippen LogP contribution in [0.25, 0.3) is 0 Å². The Kier molecular flexibility index (Phi) is 2.26. The second kappa shape index (κ2) is 3.67. The average molecular weight is 227 g/mol. The van der Waals surface area contributed by atoms with Crippen molar-refractivity contribution in [1.82, 2.24) is 0 Å². The first kappa shape index (κ1) is 10.5. The molecule has 2 unspecified atom stereocenters. The first-order valence-electron chi connectivity index (χ1n) is 5.80. The predicted molar refractivity (Wildman–Crippen MR) is 66.1 cm³/mol. The topological polar surface area (TPSA) is 26.0 Å². The van der Waals surface area contributed by atoms with Gasteiger partial charge in [-0.2, -0.15) is 0 Å². The maximum absolute atomic E-state index is 12.9. The zero-order valence-corrected chi connectivity index (χ0v) is 9.44. The van der Waals surface area contributed by atoms with E-state index in [9.17, 15) is 4.39 Å². The lowest BCUT2D eigenvalue weighted by Gasteiger charge is -2.12. The van der Waals surface area contributed by atoms with Crippen LogP contribution in [-0.2, 0) is 5.54 Å². The normalized spacial score (nSPS) is 26.8. The number of rotatable bonds is 2. The molecule has 1 saturated carbocycles. The third-order valence-corrected chi connectivity index (χ3v) is 3.59. The maximum Gasteiger partial charge on any atom is 0.123 e. The number of hydrogen-bond acceptors (Lipinski definition) is 1. The van der Waals surface area contributed by atoms with Crippen LogP contribution >= 0.6 is 0 Å². The molecule has 0 radical (unpaired) electrons. The van der Waals surface area contributed by atoms with Crippen molar-refractivity contribution in [3.63, 3.8) is 0 Å². The molecule has 2 aromatic rings. The Morgan fingerprint density at radius 3 is 2.29 bits per heavy atom. The molecule has 1 nitrogen and oxygen atoms in total. The summed E-state index contributed by atoms with van der Waals surface area (Å²) in [4.78, 5) is 0. The van der Waals surface area contributed by atoms with E-state index in [1.807, 2.05) is 30.3 Å². The summed E-state index contributed by atoms with van der Waals surface area (Å²) < 4.78 is 12.9. The Morgan fingerprint density at radius 2 is 1.65 bits per heavy atom. The van der Waals surface area contributed by atoms with Gasteiger partial charge in [-0.25, -0.2) is 4.39 Å². The van der Waals surface area contributed by atoms with Crippen LogP contribution in [0.2, 0.25) is 0 Å². The Labute approximate surface area is 100 Å². The van der Waals surface area contributed by atoms with Gasteiger partial charge in [-0.3, -0.25) is 0 Å². The summed E-state index contributed by atoms with van der Waals surface area (Å²) in [5.41, 5.74) is 8.41. The van der Waals surface area contributed by atoms with E-state index in [4.69, 9.17) is 5.73 Å². The lowest BCUT2D eigenvalue weighted by Crippen LogP contribution is -2.21. The fourth-order valence-corrected chi connectivity index (χ4v) is 2.46. The van der Waals surface area contributed by atoms with Gasteiger partial charge in [0, 0.05) is 11.5 Å². The smallest absolute Gasteiger partial charge is 0.123 e. The fraction of sp³-hybridized carbons (Fsp3) is 0.200. The van der Waals surface area contributed by atoms with E-state index < -0.39 is 0 Å². The molecule has 0 aliphatic heterocycles. The lowest BCUT2D eigenvalue weighted by atomic mass is 10.00. The number of benzene rings is 2. The molecular formula is C15H14FN. The van der Waals surface area contributed by atoms with Crippen LogP contribution < -0.4 is 5.73 Å². The molecule has 2 atom stereocenters. The molecule has 0 saturated heterocycles.